The molecule has 7 aromatic rings. The van der Waals surface area contributed by atoms with Gasteiger partial charge in [-0.05, 0) is 75.4 Å². The zero-order valence-corrected chi connectivity index (χ0v) is 33.3. The van der Waals surface area contributed by atoms with Gasteiger partial charge in [0.15, 0.2) is 22.3 Å². The van der Waals surface area contributed by atoms with Gasteiger partial charge in [-0.3, -0.25) is 9.36 Å². The van der Waals surface area contributed by atoms with Gasteiger partial charge < -0.3 is 33.6 Å². The molecule has 0 saturated heterocycles. The predicted octanol–water partition coefficient (Wildman–Crippen LogP) is 5.53. The summed E-state index contributed by atoms with van der Waals surface area (Å²) in [6.45, 7) is 9.67. The Kier molecular flexibility index (Phi) is 9.44. The van der Waals surface area contributed by atoms with Crippen LogP contribution in [0.5, 0.6) is 11.8 Å². The van der Waals surface area contributed by atoms with Crippen molar-refractivity contribution in [2.24, 2.45) is 14.1 Å². The largest absolute Gasteiger partial charge is 0.473 e. The van der Waals surface area contributed by atoms with E-state index >= 15 is 0 Å². The number of nitrogens with zero attached hydrogens (tertiary/aromatic N) is 15. The topological polar surface area (TPSA) is 201 Å². The molecule has 0 spiro atoms. The molecule has 4 atom stereocenters. The summed E-state index contributed by atoms with van der Waals surface area (Å²) in [7, 11) is 3.86. The zero-order chi connectivity index (χ0) is 40.2. The zero-order valence-electron chi connectivity index (χ0n) is 33.3. The first-order valence-electron chi connectivity index (χ1n) is 19.8. The molecule has 7 heterocycles. The second-order valence-electron chi connectivity index (χ2n) is 15.0. The van der Waals surface area contributed by atoms with Crippen molar-refractivity contribution in [3.8, 4) is 34.5 Å². The van der Waals surface area contributed by atoms with E-state index in [1.165, 1.54) is 18.9 Å². The Hall–Kier alpha value is -6.53. The molecule has 58 heavy (non-hydrogen) atoms. The van der Waals surface area contributed by atoms with Crippen LogP contribution in [0.15, 0.2) is 43.4 Å². The molecule has 2 fully saturated rings. The molecule has 19 heteroatoms. The second kappa shape index (κ2) is 14.8. The third-order valence-electron chi connectivity index (χ3n) is 11.8. The fraction of sp³-hybridized carbons (Fsp3) is 0.462. The second-order valence-corrected chi connectivity index (χ2v) is 15.0. The Morgan fingerprint density at radius 1 is 0.759 bits per heavy atom. The minimum absolute atomic E-state index is 0.0628. The highest BCUT2D eigenvalue weighted by Gasteiger charge is 2.41. The van der Waals surface area contributed by atoms with Gasteiger partial charge in [0.2, 0.25) is 11.8 Å². The Bertz CT molecular complexity index is 2510. The third kappa shape index (κ3) is 6.24. The molecule has 0 radical (unpaired) electrons. The summed E-state index contributed by atoms with van der Waals surface area (Å²) in [5, 5.41) is 21.4. The Morgan fingerprint density at radius 3 is 1.71 bits per heavy atom. The molecule has 2 aliphatic carbocycles. The van der Waals surface area contributed by atoms with Gasteiger partial charge in [0.1, 0.15) is 48.4 Å². The van der Waals surface area contributed by atoms with Gasteiger partial charge >= 0.3 is 5.82 Å². The van der Waals surface area contributed by atoms with Crippen LogP contribution in [-0.4, -0.2) is 92.8 Å². The van der Waals surface area contributed by atoms with Crippen molar-refractivity contribution in [3.05, 3.63) is 64.9 Å². The SMILES string of the molecule is CCn1ncc(-c2nc3c(OC4CCC(N(c5cccnc5[N+](=O)[O-])C5CCC(Oc6ncnc7c6nc(-c6cnn(CC)c6C)n7C)C5)C4)ncnc3n2C)c1C. The van der Waals surface area contributed by atoms with E-state index in [2.05, 4.69) is 53.9 Å². The summed E-state index contributed by atoms with van der Waals surface area (Å²) >= 11 is 0. The van der Waals surface area contributed by atoms with Gasteiger partial charge in [-0.15, -0.1) is 0 Å². The lowest BCUT2D eigenvalue weighted by Crippen LogP contribution is -2.42. The maximum Gasteiger partial charge on any atom is 0.387 e. The van der Waals surface area contributed by atoms with E-state index in [0.29, 0.717) is 52.6 Å². The molecule has 19 nitrogen and oxygen atoms in total. The van der Waals surface area contributed by atoms with E-state index in [1.54, 1.807) is 12.1 Å². The Labute approximate surface area is 333 Å². The van der Waals surface area contributed by atoms with E-state index in [0.717, 1.165) is 72.9 Å². The molecule has 300 valence electrons. The van der Waals surface area contributed by atoms with Crippen LogP contribution < -0.4 is 14.4 Å². The maximum atomic E-state index is 12.4. The van der Waals surface area contributed by atoms with Crippen molar-refractivity contribution in [3.63, 3.8) is 0 Å². The lowest BCUT2D eigenvalue weighted by molar-refractivity contribution is -0.388. The smallest absolute Gasteiger partial charge is 0.387 e. The molecule has 4 unspecified atom stereocenters. The number of ether oxygens (including phenoxy) is 2. The van der Waals surface area contributed by atoms with E-state index in [9.17, 15) is 10.1 Å². The maximum absolute atomic E-state index is 12.4. The van der Waals surface area contributed by atoms with Crippen molar-refractivity contribution >= 4 is 33.8 Å². The number of aryl methyl sites for hydroxylation is 4. The first-order chi connectivity index (χ1) is 28.1. The monoisotopic (exact) mass is 787 g/mol. The standard InChI is InChI=1S/C39H45N15O4/c1-7-51-22(3)28(18-45-51)33-47-31-36(49(33)5)41-20-43-38(31)57-26-13-11-24(16-26)53(30-10-9-15-40-35(30)54(55)56)25-12-14-27(17-25)58-39-32-37(42-21-44-39)50(6)34(48-32)29-19-46-52(8-2)23(29)4/h9-10,15,18-21,24-27H,7-8,11-14,16-17H2,1-6H3. The van der Waals surface area contributed by atoms with Crippen molar-refractivity contribution in [1.82, 2.24) is 63.6 Å². The molecule has 0 amide bonds. The number of aromatic nitrogens is 13. The number of hydrogen-bond donors (Lipinski definition) is 0. The third-order valence-corrected chi connectivity index (χ3v) is 11.8. The lowest BCUT2D eigenvalue weighted by atomic mass is 10.1. The minimum Gasteiger partial charge on any atom is -0.473 e. The van der Waals surface area contributed by atoms with Gasteiger partial charge in [-0.2, -0.15) is 20.2 Å². The number of fused-ring (bicyclic) bond motifs is 2. The van der Waals surface area contributed by atoms with Gasteiger partial charge in [0, 0.05) is 63.5 Å². The van der Waals surface area contributed by atoms with E-state index in [4.69, 9.17) is 19.4 Å². The van der Waals surface area contributed by atoms with Crippen molar-refractivity contribution in [1.29, 1.82) is 0 Å². The number of imidazole rings is 2. The summed E-state index contributed by atoms with van der Waals surface area (Å²) in [6, 6.07) is 3.43. The van der Waals surface area contributed by atoms with Crippen molar-refractivity contribution in [2.45, 2.75) is 104 Å². The van der Waals surface area contributed by atoms with E-state index in [1.807, 2.05) is 58.8 Å². The minimum atomic E-state index is -0.404. The molecule has 2 aliphatic rings. The predicted molar refractivity (Wildman–Crippen MR) is 213 cm³/mol. The summed E-state index contributed by atoms with van der Waals surface area (Å²) in [5.74, 6) is 2.13. The number of nitro groups is 1. The molecule has 7 aromatic heterocycles. The van der Waals surface area contributed by atoms with Crippen LogP contribution in [0.3, 0.4) is 0 Å². The van der Waals surface area contributed by atoms with Crippen LogP contribution in [0.4, 0.5) is 11.5 Å². The summed E-state index contributed by atoms with van der Waals surface area (Å²) in [5.41, 5.74) is 6.84. The van der Waals surface area contributed by atoms with Crippen molar-refractivity contribution in [2.75, 3.05) is 4.90 Å². The number of hydrogen-bond acceptors (Lipinski definition) is 14. The molecular weight excluding hydrogens is 743 g/mol. The summed E-state index contributed by atoms with van der Waals surface area (Å²) < 4.78 is 21.0. The number of pyridine rings is 1. The molecule has 0 aromatic carbocycles. The first kappa shape index (κ1) is 37.1. The highest BCUT2D eigenvalue weighted by atomic mass is 16.6. The lowest BCUT2D eigenvalue weighted by Gasteiger charge is -2.36. The van der Waals surface area contributed by atoms with Gasteiger partial charge in [-0.1, -0.05) is 0 Å². The molecule has 9 rings (SSSR count). The fourth-order valence-electron chi connectivity index (χ4n) is 8.87. The molecule has 0 N–H and O–H groups in total. The Balaban J connectivity index is 0.968. The molecule has 0 bridgehead atoms. The molecular formula is C39H45N15O4. The Morgan fingerprint density at radius 2 is 1.26 bits per heavy atom. The van der Waals surface area contributed by atoms with Crippen LogP contribution in [0.2, 0.25) is 0 Å². The summed E-state index contributed by atoms with van der Waals surface area (Å²) in [4.78, 5) is 46.4. The van der Waals surface area contributed by atoms with E-state index in [-0.39, 0.29) is 30.1 Å². The number of rotatable bonds is 12. The van der Waals surface area contributed by atoms with Gasteiger partial charge in [0.05, 0.1) is 23.5 Å². The van der Waals surface area contributed by atoms with Gasteiger partial charge in [-0.25, -0.2) is 19.9 Å². The summed E-state index contributed by atoms with van der Waals surface area (Å²) in [6.07, 6.45) is 11.9. The number of anilines is 1. The average Bonchev–Trinajstić information content (AvgIpc) is 4.10. The van der Waals surface area contributed by atoms with Crippen LogP contribution in [0.1, 0.15) is 63.8 Å². The normalized spacial score (nSPS) is 19.4. The van der Waals surface area contributed by atoms with Crippen molar-refractivity contribution < 1.29 is 14.4 Å². The van der Waals surface area contributed by atoms with E-state index < -0.39 is 4.92 Å². The average molecular weight is 788 g/mol. The van der Waals surface area contributed by atoms with Crippen LogP contribution in [-0.2, 0) is 27.2 Å². The highest BCUT2D eigenvalue weighted by Crippen LogP contribution is 2.41. The highest BCUT2D eigenvalue weighted by molar-refractivity contribution is 5.82. The fourth-order valence-corrected chi connectivity index (χ4v) is 8.87. The molecule has 0 aliphatic heterocycles. The van der Waals surface area contributed by atoms with Crippen LogP contribution in [0, 0.1) is 24.0 Å². The van der Waals surface area contributed by atoms with Crippen LogP contribution >= 0.6 is 0 Å². The van der Waals surface area contributed by atoms with Gasteiger partial charge in [0.25, 0.3) is 0 Å². The van der Waals surface area contributed by atoms with Crippen LogP contribution in [0.25, 0.3) is 45.1 Å². The first-order valence-corrected chi connectivity index (χ1v) is 19.8. The quantitative estimate of drug-likeness (QED) is 0.110. The molecule has 2 saturated carbocycles.